The predicted molar refractivity (Wildman–Crippen MR) is 97.2 cm³/mol. The summed E-state index contributed by atoms with van der Waals surface area (Å²) in [7, 11) is 0. The molecule has 3 aromatic rings. The second kappa shape index (κ2) is 7.26. The highest BCUT2D eigenvalue weighted by Crippen LogP contribution is 2.36. The number of rotatable bonds is 4. The molecular formula is C21H14F3NO3. The van der Waals surface area contributed by atoms with Gasteiger partial charge in [-0.1, -0.05) is 24.3 Å². The molecule has 1 aliphatic rings. The Balaban J connectivity index is 1.41. The Hall–Kier alpha value is -3.48. The molecule has 4 rings (SSSR count). The molecule has 2 heterocycles. The lowest BCUT2D eigenvalue weighted by Crippen LogP contribution is -2.03. The number of nitrogens with zero attached hydrogens (tertiary/aromatic N) is 1. The maximum absolute atomic E-state index is 12.6. The number of halogens is 3. The van der Waals surface area contributed by atoms with E-state index in [2.05, 4.69) is 4.98 Å². The Kier molecular flexibility index (Phi) is 4.65. The third-order valence-electron chi connectivity index (χ3n) is 4.03. The Morgan fingerprint density at radius 3 is 2.29 bits per heavy atom. The van der Waals surface area contributed by atoms with Crippen molar-refractivity contribution in [2.24, 2.45) is 0 Å². The minimum absolute atomic E-state index is 0.191. The summed E-state index contributed by atoms with van der Waals surface area (Å²) in [4.78, 5) is 4.23. The maximum Gasteiger partial charge on any atom is 0.416 e. The zero-order valence-electron chi connectivity index (χ0n) is 14.4. The summed E-state index contributed by atoms with van der Waals surface area (Å²) in [5, 5.41) is 0. The lowest BCUT2D eigenvalue weighted by atomic mass is 10.1. The molecule has 142 valence electrons. The van der Waals surface area contributed by atoms with Crippen LogP contribution >= 0.6 is 0 Å². The van der Waals surface area contributed by atoms with Crippen LogP contribution in [0, 0.1) is 0 Å². The third-order valence-corrected chi connectivity index (χ3v) is 4.03. The van der Waals surface area contributed by atoms with Crippen molar-refractivity contribution in [1.29, 1.82) is 0 Å². The number of hydrogen-bond donors (Lipinski definition) is 0. The normalized spacial score (nSPS) is 13.1. The van der Waals surface area contributed by atoms with Gasteiger partial charge in [-0.3, -0.25) is 0 Å². The quantitative estimate of drug-likeness (QED) is 0.570. The first-order valence-corrected chi connectivity index (χ1v) is 8.36. The van der Waals surface area contributed by atoms with E-state index in [1.807, 2.05) is 0 Å². The Labute approximate surface area is 158 Å². The van der Waals surface area contributed by atoms with Gasteiger partial charge in [-0.15, -0.1) is 0 Å². The molecule has 1 aliphatic heterocycles. The third kappa shape index (κ3) is 4.09. The first-order valence-electron chi connectivity index (χ1n) is 8.36. The van der Waals surface area contributed by atoms with Crippen molar-refractivity contribution in [3.63, 3.8) is 0 Å². The first kappa shape index (κ1) is 17.9. The van der Waals surface area contributed by atoms with Crippen molar-refractivity contribution in [2.75, 3.05) is 6.79 Å². The van der Waals surface area contributed by atoms with Crippen LogP contribution in [0.3, 0.4) is 0 Å². The summed E-state index contributed by atoms with van der Waals surface area (Å²) >= 11 is 0. The topological polar surface area (TPSA) is 40.6 Å². The number of fused-ring (bicyclic) bond motifs is 1. The summed E-state index contributed by atoms with van der Waals surface area (Å²) in [6, 6.07) is 13.7. The van der Waals surface area contributed by atoms with Gasteiger partial charge in [0.1, 0.15) is 5.75 Å². The zero-order chi connectivity index (χ0) is 19.6. The van der Waals surface area contributed by atoms with E-state index in [0.717, 1.165) is 17.7 Å². The second-order valence-electron chi connectivity index (χ2n) is 6.00. The number of alkyl halides is 3. The Morgan fingerprint density at radius 2 is 1.57 bits per heavy atom. The van der Waals surface area contributed by atoms with E-state index in [1.165, 1.54) is 12.1 Å². The van der Waals surface area contributed by atoms with Crippen LogP contribution in [0.15, 0.2) is 60.8 Å². The van der Waals surface area contributed by atoms with Gasteiger partial charge in [0.15, 0.2) is 11.5 Å². The minimum atomic E-state index is -4.33. The highest BCUT2D eigenvalue weighted by Gasteiger charge is 2.29. The van der Waals surface area contributed by atoms with Gasteiger partial charge in [-0.25, -0.2) is 4.98 Å². The predicted octanol–water partition coefficient (Wildman–Crippen LogP) is 5.79. The number of pyridine rings is 1. The molecule has 0 radical (unpaired) electrons. The van der Waals surface area contributed by atoms with Crippen molar-refractivity contribution in [3.05, 3.63) is 77.5 Å². The van der Waals surface area contributed by atoms with E-state index in [4.69, 9.17) is 14.2 Å². The molecule has 0 atom stereocenters. The summed E-state index contributed by atoms with van der Waals surface area (Å²) in [5.74, 6) is 2.27. The molecule has 1 aromatic heterocycles. The van der Waals surface area contributed by atoms with Gasteiger partial charge in [0.25, 0.3) is 0 Å². The average Bonchev–Trinajstić information content (AvgIpc) is 3.15. The van der Waals surface area contributed by atoms with E-state index in [9.17, 15) is 13.2 Å². The van der Waals surface area contributed by atoms with E-state index in [1.54, 1.807) is 48.7 Å². The Morgan fingerprint density at radius 1 is 0.857 bits per heavy atom. The second-order valence-corrected chi connectivity index (χ2v) is 6.00. The molecule has 0 amide bonds. The fourth-order valence-corrected chi connectivity index (χ4v) is 2.59. The molecule has 28 heavy (non-hydrogen) atoms. The van der Waals surface area contributed by atoms with Crippen LogP contribution in [-0.2, 0) is 6.18 Å². The molecule has 0 aliphatic carbocycles. The van der Waals surface area contributed by atoms with E-state index < -0.39 is 11.7 Å². The summed E-state index contributed by atoms with van der Waals surface area (Å²) in [6.45, 7) is 0.191. The average molecular weight is 385 g/mol. The van der Waals surface area contributed by atoms with Crippen LogP contribution in [0.1, 0.15) is 16.7 Å². The van der Waals surface area contributed by atoms with Gasteiger partial charge < -0.3 is 14.2 Å². The van der Waals surface area contributed by atoms with Crippen LogP contribution in [0.25, 0.3) is 12.2 Å². The van der Waals surface area contributed by atoms with Gasteiger partial charge in [-0.2, -0.15) is 13.2 Å². The van der Waals surface area contributed by atoms with Crippen molar-refractivity contribution >= 4 is 12.2 Å². The Bertz CT molecular complexity index is 997. The van der Waals surface area contributed by atoms with E-state index in [-0.39, 0.29) is 6.79 Å². The van der Waals surface area contributed by atoms with Crippen LogP contribution in [-0.4, -0.2) is 11.8 Å². The van der Waals surface area contributed by atoms with Crippen molar-refractivity contribution in [3.8, 4) is 23.1 Å². The number of ether oxygens (including phenoxy) is 3. The lowest BCUT2D eigenvalue weighted by Gasteiger charge is -2.06. The number of aromatic nitrogens is 1. The van der Waals surface area contributed by atoms with Gasteiger partial charge in [0.2, 0.25) is 12.7 Å². The fraction of sp³-hybridized carbons (Fsp3) is 0.0952. The summed E-state index contributed by atoms with van der Waals surface area (Å²) < 4.78 is 54.0. The molecule has 0 spiro atoms. The fourth-order valence-electron chi connectivity index (χ4n) is 2.59. The van der Waals surface area contributed by atoms with E-state index in [0.29, 0.717) is 28.7 Å². The molecule has 4 nitrogen and oxygen atoms in total. The lowest BCUT2D eigenvalue weighted by molar-refractivity contribution is -0.137. The molecule has 0 N–H and O–H groups in total. The summed E-state index contributed by atoms with van der Waals surface area (Å²) in [6.07, 6.45) is 0.762. The molecular weight excluding hydrogens is 371 g/mol. The maximum atomic E-state index is 12.6. The molecule has 0 fully saturated rings. The largest absolute Gasteiger partial charge is 0.454 e. The van der Waals surface area contributed by atoms with Crippen LogP contribution in [0.5, 0.6) is 23.1 Å². The van der Waals surface area contributed by atoms with Crippen LogP contribution in [0.4, 0.5) is 13.2 Å². The van der Waals surface area contributed by atoms with Gasteiger partial charge >= 0.3 is 6.18 Å². The summed E-state index contributed by atoms with van der Waals surface area (Å²) in [5.41, 5.74) is 0.781. The number of hydrogen-bond acceptors (Lipinski definition) is 4. The zero-order valence-corrected chi connectivity index (χ0v) is 14.4. The van der Waals surface area contributed by atoms with Gasteiger partial charge in [-0.05, 0) is 41.5 Å². The van der Waals surface area contributed by atoms with Crippen molar-refractivity contribution in [2.45, 2.75) is 6.18 Å². The highest BCUT2D eigenvalue weighted by atomic mass is 19.4. The van der Waals surface area contributed by atoms with E-state index >= 15 is 0 Å². The van der Waals surface area contributed by atoms with Gasteiger partial charge in [0, 0.05) is 18.3 Å². The molecule has 2 aromatic carbocycles. The van der Waals surface area contributed by atoms with Crippen LogP contribution < -0.4 is 14.2 Å². The minimum Gasteiger partial charge on any atom is -0.454 e. The molecule has 0 unspecified atom stereocenters. The SMILES string of the molecule is FC(F)(F)c1ccc(/C=C/c2ccc(Oc3ccc4c(c3)OCO4)nc2)cc1. The molecule has 7 heteroatoms. The monoisotopic (exact) mass is 385 g/mol. The molecule has 0 saturated carbocycles. The standard InChI is InChI=1S/C21H14F3NO3/c22-21(23,24)16-6-3-14(4-7-16)1-2-15-5-10-20(25-12-15)28-17-8-9-18-19(11-17)27-13-26-18/h1-12H,13H2/b2-1+. The smallest absolute Gasteiger partial charge is 0.416 e. The number of benzene rings is 2. The molecule has 0 bridgehead atoms. The first-order chi connectivity index (χ1) is 13.5. The van der Waals surface area contributed by atoms with Crippen molar-refractivity contribution < 1.29 is 27.4 Å². The van der Waals surface area contributed by atoms with Gasteiger partial charge in [0.05, 0.1) is 5.56 Å². The van der Waals surface area contributed by atoms with Crippen molar-refractivity contribution in [1.82, 2.24) is 4.98 Å². The highest BCUT2D eigenvalue weighted by molar-refractivity contribution is 5.69. The molecule has 0 saturated heterocycles. The van der Waals surface area contributed by atoms with Crippen LogP contribution in [0.2, 0.25) is 0 Å².